The van der Waals surface area contributed by atoms with Crippen molar-refractivity contribution in [1.29, 1.82) is 0 Å². The molecule has 1 N–H and O–H groups in total. The molecule has 3 unspecified atom stereocenters. The molecule has 0 aromatic heterocycles. The summed E-state index contributed by atoms with van der Waals surface area (Å²) in [6.07, 6.45) is -1.82. The van der Waals surface area contributed by atoms with Crippen molar-refractivity contribution in [2.24, 2.45) is 5.16 Å². The molecule has 0 amide bonds. The lowest BCUT2D eigenvalue weighted by Gasteiger charge is -2.20. The van der Waals surface area contributed by atoms with Crippen LogP contribution in [0.25, 0.3) is 0 Å². The SMILES string of the molecule is [N]C1CCCCC(CC2CC(C(F)(F)F)=NO2)N1. The van der Waals surface area contributed by atoms with Gasteiger partial charge in [0.1, 0.15) is 6.10 Å². The van der Waals surface area contributed by atoms with Gasteiger partial charge < -0.3 is 4.84 Å². The molecule has 4 nitrogen and oxygen atoms in total. The summed E-state index contributed by atoms with van der Waals surface area (Å²) >= 11 is 0. The lowest BCUT2D eigenvalue weighted by molar-refractivity contribution is -0.0604. The van der Waals surface area contributed by atoms with Gasteiger partial charge in [0.25, 0.3) is 0 Å². The van der Waals surface area contributed by atoms with Gasteiger partial charge >= 0.3 is 6.18 Å². The monoisotopic (exact) mass is 263 g/mol. The fourth-order valence-electron chi connectivity index (χ4n) is 2.39. The third-order valence-corrected chi connectivity index (χ3v) is 3.32. The Balaban J connectivity index is 1.81. The summed E-state index contributed by atoms with van der Waals surface area (Å²) < 4.78 is 37.1. The maximum atomic E-state index is 12.4. The Morgan fingerprint density at radius 3 is 2.72 bits per heavy atom. The summed E-state index contributed by atoms with van der Waals surface area (Å²) in [5.41, 5.74) is 8.71. The first kappa shape index (κ1) is 13.6. The molecule has 102 valence electrons. The summed E-state index contributed by atoms with van der Waals surface area (Å²) in [4.78, 5) is 4.82. The topological polar surface area (TPSA) is 55.9 Å². The molecule has 2 radical (unpaired) electrons. The van der Waals surface area contributed by atoms with Gasteiger partial charge in [0.2, 0.25) is 0 Å². The second kappa shape index (κ2) is 5.44. The molecule has 0 aromatic carbocycles. The van der Waals surface area contributed by atoms with Crippen molar-refractivity contribution in [3.63, 3.8) is 0 Å². The molecule has 2 heterocycles. The van der Waals surface area contributed by atoms with Crippen molar-refractivity contribution in [2.75, 3.05) is 0 Å². The number of nitrogens with one attached hydrogen (secondary N) is 1. The molecule has 0 aromatic rings. The first-order valence-electron chi connectivity index (χ1n) is 6.19. The second-order valence-corrected chi connectivity index (χ2v) is 4.87. The van der Waals surface area contributed by atoms with Gasteiger partial charge in [-0.15, -0.1) is 5.73 Å². The van der Waals surface area contributed by atoms with Crippen molar-refractivity contribution < 1.29 is 18.0 Å². The second-order valence-electron chi connectivity index (χ2n) is 4.87. The first-order chi connectivity index (χ1) is 8.45. The maximum absolute atomic E-state index is 12.4. The minimum atomic E-state index is -4.40. The number of hydrogen-bond donors (Lipinski definition) is 1. The summed E-state index contributed by atoms with van der Waals surface area (Å²) in [7, 11) is 0. The lowest BCUT2D eigenvalue weighted by atomic mass is 10.0. The lowest BCUT2D eigenvalue weighted by Crippen LogP contribution is -2.39. The van der Waals surface area contributed by atoms with Crippen molar-refractivity contribution in [2.45, 2.75) is 63.0 Å². The molecule has 3 atom stereocenters. The van der Waals surface area contributed by atoms with Crippen molar-refractivity contribution >= 4 is 5.71 Å². The van der Waals surface area contributed by atoms with Gasteiger partial charge in [0.05, 0.1) is 6.17 Å². The normalized spacial score (nSPS) is 33.8. The number of nitrogens with zero attached hydrogens (tertiary/aromatic N) is 2. The van der Waals surface area contributed by atoms with Crippen LogP contribution in [0.3, 0.4) is 0 Å². The average Bonchev–Trinajstić information content (AvgIpc) is 2.63. The number of oxime groups is 1. The van der Waals surface area contributed by atoms with Gasteiger partial charge in [0, 0.05) is 18.9 Å². The van der Waals surface area contributed by atoms with E-state index in [0.717, 1.165) is 19.3 Å². The van der Waals surface area contributed by atoms with Gasteiger partial charge in [0.15, 0.2) is 5.71 Å². The Morgan fingerprint density at radius 2 is 2.06 bits per heavy atom. The molecule has 2 aliphatic rings. The fourth-order valence-corrected chi connectivity index (χ4v) is 2.39. The third-order valence-electron chi connectivity index (χ3n) is 3.32. The van der Waals surface area contributed by atoms with Crippen molar-refractivity contribution in [3.8, 4) is 0 Å². The van der Waals surface area contributed by atoms with Crippen LogP contribution in [0.2, 0.25) is 0 Å². The van der Waals surface area contributed by atoms with Crippen LogP contribution < -0.4 is 11.1 Å². The van der Waals surface area contributed by atoms with Crippen LogP contribution in [0.5, 0.6) is 0 Å². The summed E-state index contributed by atoms with van der Waals surface area (Å²) in [5, 5.41) is 6.10. The molecule has 0 bridgehead atoms. The quantitative estimate of drug-likeness (QED) is 0.828. The van der Waals surface area contributed by atoms with E-state index >= 15 is 0 Å². The molecule has 0 spiro atoms. The van der Waals surface area contributed by atoms with E-state index < -0.39 is 24.2 Å². The van der Waals surface area contributed by atoms with Crippen LogP contribution in [-0.2, 0) is 4.84 Å². The van der Waals surface area contributed by atoms with E-state index in [-0.39, 0.29) is 12.5 Å². The van der Waals surface area contributed by atoms with Crippen molar-refractivity contribution in [3.05, 3.63) is 0 Å². The molecule has 2 rings (SSSR count). The van der Waals surface area contributed by atoms with E-state index in [9.17, 15) is 18.9 Å². The van der Waals surface area contributed by atoms with Crippen LogP contribution in [0, 0.1) is 0 Å². The van der Waals surface area contributed by atoms with E-state index in [1.807, 2.05) is 0 Å². The molecular weight excluding hydrogens is 247 g/mol. The van der Waals surface area contributed by atoms with Gasteiger partial charge in [-0.1, -0.05) is 18.0 Å². The zero-order valence-electron chi connectivity index (χ0n) is 9.91. The van der Waals surface area contributed by atoms with Gasteiger partial charge in [-0.05, 0) is 12.8 Å². The first-order valence-corrected chi connectivity index (χ1v) is 6.19. The summed E-state index contributed by atoms with van der Waals surface area (Å²) in [6, 6.07) is -0.00437. The average molecular weight is 263 g/mol. The van der Waals surface area contributed by atoms with E-state index in [1.54, 1.807) is 0 Å². The standard InChI is InChI=1S/C11H16F3N3O/c12-11(13,14)9-6-8(18-17-9)5-7-3-1-2-4-10(15)16-7/h7-8,10,16H,1-6H2. The Hall–Kier alpha value is -0.820. The number of hydrogen-bond acceptors (Lipinski definition) is 3. The maximum Gasteiger partial charge on any atom is 0.432 e. The highest BCUT2D eigenvalue weighted by Gasteiger charge is 2.42. The summed E-state index contributed by atoms with van der Waals surface area (Å²) in [5.74, 6) is 0. The van der Waals surface area contributed by atoms with Gasteiger partial charge in [-0.25, -0.2) is 0 Å². The Morgan fingerprint density at radius 1 is 1.33 bits per heavy atom. The predicted octanol–water partition coefficient (Wildman–Crippen LogP) is 2.01. The molecule has 7 heteroatoms. The van der Waals surface area contributed by atoms with Crippen LogP contribution in [-0.4, -0.2) is 30.2 Å². The Labute approximate surface area is 104 Å². The van der Waals surface area contributed by atoms with Crippen LogP contribution in [0.15, 0.2) is 5.16 Å². The van der Waals surface area contributed by atoms with E-state index in [0.29, 0.717) is 12.8 Å². The fraction of sp³-hybridized carbons (Fsp3) is 0.909. The van der Waals surface area contributed by atoms with Crippen LogP contribution >= 0.6 is 0 Å². The minimum absolute atomic E-state index is 0.00437. The van der Waals surface area contributed by atoms with E-state index in [4.69, 9.17) is 4.84 Å². The Bertz CT molecular complexity index is 319. The van der Waals surface area contributed by atoms with Crippen molar-refractivity contribution in [1.82, 2.24) is 11.1 Å². The molecule has 1 saturated heterocycles. The van der Waals surface area contributed by atoms with E-state index in [1.165, 1.54) is 0 Å². The summed E-state index contributed by atoms with van der Waals surface area (Å²) in [6.45, 7) is 0. The predicted molar refractivity (Wildman–Crippen MR) is 58.9 cm³/mol. The number of halogens is 3. The highest BCUT2D eigenvalue weighted by Crippen LogP contribution is 2.28. The van der Waals surface area contributed by atoms with Crippen LogP contribution in [0.4, 0.5) is 13.2 Å². The van der Waals surface area contributed by atoms with Crippen LogP contribution in [0.1, 0.15) is 38.5 Å². The molecule has 0 saturated carbocycles. The van der Waals surface area contributed by atoms with Gasteiger partial charge in [-0.2, -0.15) is 13.2 Å². The third kappa shape index (κ3) is 3.58. The molecule has 0 aliphatic carbocycles. The number of alkyl halides is 3. The molecule has 1 fully saturated rings. The highest BCUT2D eigenvalue weighted by molar-refractivity contribution is 5.90. The minimum Gasteiger partial charge on any atom is -0.392 e. The Kier molecular flexibility index (Phi) is 4.11. The zero-order valence-corrected chi connectivity index (χ0v) is 9.91. The smallest absolute Gasteiger partial charge is 0.392 e. The van der Waals surface area contributed by atoms with E-state index in [2.05, 4.69) is 10.5 Å². The van der Waals surface area contributed by atoms with Gasteiger partial charge in [-0.3, -0.25) is 5.32 Å². The zero-order chi connectivity index (χ0) is 13.2. The molecule has 2 aliphatic heterocycles. The number of rotatable bonds is 2. The molecule has 18 heavy (non-hydrogen) atoms. The molecular formula is C11H16F3N3O. The largest absolute Gasteiger partial charge is 0.432 e. The highest BCUT2D eigenvalue weighted by atomic mass is 19.4.